The van der Waals surface area contributed by atoms with Gasteiger partial charge in [-0.15, -0.1) is 0 Å². The van der Waals surface area contributed by atoms with Gasteiger partial charge in [0.2, 0.25) is 5.95 Å². The Bertz CT molecular complexity index is 732. The fourth-order valence-corrected chi connectivity index (χ4v) is 2.44. The topological polar surface area (TPSA) is 128 Å². The number of imidazole rings is 1. The van der Waals surface area contributed by atoms with Gasteiger partial charge in [0.1, 0.15) is 12.2 Å². The van der Waals surface area contributed by atoms with Gasteiger partial charge in [0, 0.05) is 6.61 Å². The molecule has 2 aromatic rings. The standard InChI is InChI=1S/C12H16FN5O4/c1-2-21-3-5-6(13)8(19)11(22-5)18-4-15-7-9(18)16-12(14)17-10(7)20/h4-6,8,11,19H,2-3H2,1H3,(H3,14,16,17,20)/t5-,6-,8-,11-/m1/s1. The molecule has 0 aromatic carbocycles. The average molecular weight is 313 g/mol. The van der Waals surface area contributed by atoms with Crippen LogP contribution in [0.3, 0.4) is 0 Å². The van der Waals surface area contributed by atoms with Crippen molar-refractivity contribution < 1.29 is 19.0 Å². The normalized spacial score (nSPS) is 28.5. The number of aliphatic hydroxyl groups is 1. The third-order valence-corrected chi connectivity index (χ3v) is 3.50. The predicted molar refractivity (Wildman–Crippen MR) is 73.9 cm³/mol. The molecule has 1 saturated heterocycles. The van der Waals surface area contributed by atoms with E-state index in [0.29, 0.717) is 6.61 Å². The minimum absolute atomic E-state index is 0.0218. The molecule has 0 unspecified atom stereocenters. The van der Waals surface area contributed by atoms with E-state index in [4.69, 9.17) is 15.2 Å². The van der Waals surface area contributed by atoms with Gasteiger partial charge in [-0.1, -0.05) is 0 Å². The van der Waals surface area contributed by atoms with E-state index in [-0.39, 0.29) is 23.7 Å². The minimum Gasteiger partial charge on any atom is -0.385 e. The Balaban J connectivity index is 1.96. The number of nitrogen functional groups attached to an aromatic ring is 1. The zero-order chi connectivity index (χ0) is 15.9. The van der Waals surface area contributed by atoms with E-state index in [1.807, 2.05) is 0 Å². The third-order valence-electron chi connectivity index (χ3n) is 3.50. The molecule has 0 radical (unpaired) electrons. The molecule has 0 amide bonds. The summed E-state index contributed by atoms with van der Waals surface area (Å²) >= 11 is 0. The number of H-pyrrole nitrogens is 1. The van der Waals surface area contributed by atoms with Crippen LogP contribution >= 0.6 is 0 Å². The molecule has 0 saturated carbocycles. The first-order valence-corrected chi connectivity index (χ1v) is 6.80. The summed E-state index contributed by atoms with van der Waals surface area (Å²) in [6.45, 7) is 2.21. The molecule has 1 aliphatic rings. The highest BCUT2D eigenvalue weighted by molar-refractivity contribution is 5.70. The molecule has 1 fully saturated rings. The van der Waals surface area contributed by atoms with Crippen LogP contribution in [0.5, 0.6) is 0 Å². The van der Waals surface area contributed by atoms with E-state index in [2.05, 4.69) is 15.0 Å². The van der Waals surface area contributed by atoms with E-state index in [9.17, 15) is 14.3 Å². The lowest BCUT2D eigenvalue weighted by Gasteiger charge is -2.16. The van der Waals surface area contributed by atoms with Gasteiger partial charge < -0.3 is 20.3 Å². The van der Waals surface area contributed by atoms with Crippen LogP contribution in [0, 0.1) is 0 Å². The van der Waals surface area contributed by atoms with Crippen LogP contribution in [0.4, 0.5) is 10.3 Å². The van der Waals surface area contributed by atoms with E-state index < -0.39 is 30.2 Å². The summed E-state index contributed by atoms with van der Waals surface area (Å²) in [4.78, 5) is 21.9. The highest BCUT2D eigenvalue weighted by atomic mass is 19.1. The van der Waals surface area contributed by atoms with Gasteiger partial charge in [0.05, 0.1) is 12.9 Å². The number of ether oxygens (including phenoxy) is 2. The highest BCUT2D eigenvalue weighted by Gasteiger charge is 2.45. The Morgan fingerprint density at radius 2 is 2.41 bits per heavy atom. The van der Waals surface area contributed by atoms with E-state index in [0.717, 1.165) is 0 Å². The van der Waals surface area contributed by atoms with Crippen LogP contribution in [0.15, 0.2) is 11.1 Å². The van der Waals surface area contributed by atoms with Crippen molar-refractivity contribution in [3.63, 3.8) is 0 Å². The molecular formula is C12H16FN5O4. The molecule has 3 heterocycles. The Kier molecular flexibility index (Phi) is 3.81. The molecule has 1 aliphatic heterocycles. The number of halogens is 1. The quantitative estimate of drug-likeness (QED) is 0.683. The highest BCUT2D eigenvalue weighted by Crippen LogP contribution is 2.33. The molecule has 10 heteroatoms. The number of nitrogens with one attached hydrogen (secondary N) is 1. The summed E-state index contributed by atoms with van der Waals surface area (Å²) in [5.74, 6) is -0.102. The number of nitrogens with zero attached hydrogens (tertiary/aromatic N) is 3. The monoisotopic (exact) mass is 313 g/mol. The number of rotatable bonds is 4. The number of nitrogens with two attached hydrogens (primary N) is 1. The van der Waals surface area contributed by atoms with Gasteiger partial charge in [-0.25, -0.2) is 9.37 Å². The van der Waals surface area contributed by atoms with Crippen molar-refractivity contribution in [2.45, 2.75) is 31.5 Å². The number of hydrogen-bond acceptors (Lipinski definition) is 7. The van der Waals surface area contributed by atoms with Crippen molar-refractivity contribution >= 4 is 17.1 Å². The zero-order valence-corrected chi connectivity index (χ0v) is 11.8. The summed E-state index contributed by atoms with van der Waals surface area (Å²) < 4.78 is 26.0. The van der Waals surface area contributed by atoms with Gasteiger partial charge in [0.25, 0.3) is 5.56 Å². The number of anilines is 1. The van der Waals surface area contributed by atoms with Crippen LogP contribution in [-0.2, 0) is 9.47 Å². The summed E-state index contributed by atoms with van der Waals surface area (Å²) in [6, 6.07) is 0. The number of hydrogen-bond donors (Lipinski definition) is 3. The molecule has 2 aromatic heterocycles. The number of aromatic nitrogens is 4. The molecule has 4 atom stereocenters. The van der Waals surface area contributed by atoms with Crippen molar-refractivity contribution in [3.05, 3.63) is 16.7 Å². The van der Waals surface area contributed by atoms with Gasteiger partial charge in [-0.05, 0) is 6.92 Å². The maximum Gasteiger partial charge on any atom is 0.280 e. The fourth-order valence-electron chi connectivity index (χ4n) is 2.44. The summed E-state index contributed by atoms with van der Waals surface area (Å²) in [5.41, 5.74) is 5.14. The van der Waals surface area contributed by atoms with Crippen molar-refractivity contribution in [2.24, 2.45) is 0 Å². The lowest BCUT2D eigenvalue weighted by molar-refractivity contribution is -0.0607. The molecule has 0 aliphatic carbocycles. The molecule has 3 rings (SSSR count). The first-order valence-electron chi connectivity index (χ1n) is 6.80. The predicted octanol–water partition coefficient (Wildman–Crippen LogP) is -0.665. The van der Waals surface area contributed by atoms with Crippen molar-refractivity contribution in [1.29, 1.82) is 0 Å². The molecular weight excluding hydrogens is 297 g/mol. The van der Waals surface area contributed by atoms with Gasteiger partial charge in [-0.2, -0.15) is 4.98 Å². The van der Waals surface area contributed by atoms with Crippen molar-refractivity contribution in [3.8, 4) is 0 Å². The van der Waals surface area contributed by atoms with Crippen molar-refractivity contribution in [2.75, 3.05) is 18.9 Å². The smallest absolute Gasteiger partial charge is 0.280 e. The number of fused-ring (bicyclic) bond motifs is 1. The Morgan fingerprint density at radius 3 is 3.14 bits per heavy atom. The molecule has 0 spiro atoms. The van der Waals surface area contributed by atoms with Crippen LogP contribution in [-0.4, -0.2) is 56.2 Å². The van der Waals surface area contributed by atoms with E-state index >= 15 is 0 Å². The van der Waals surface area contributed by atoms with Gasteiger partial charge >= 0.3 is 0 Å². The van der Waals surface area contributed by atoms with Gasteiger partial charge in [0.15, 0.2) is 23.6 Å². The lowest BCUT2D eigenvalue weighted by atomic mass is 10.1. The second-order valence-electron chi connectivity index (χ2n) is 4.93. The Hall–Kier alpha value is -2.04. The largest absolute Gasteiger partial charge is 0.385 e. The maximum atomic E-state index is 14.1. The Labute approximate surface area is 123 Å². The second kappa shape index (κ2) is 5.63. The SMILES string of the molecule is CCOC[C@H]1O[C@@H](n2cnc3c(=O)[nH]c(N)nc32)[C@H](O)[C@@H]1F. The Morgan fingerprint density at radius 1 is 1.64 bits per heavy atom. The molecule has 9 nitrogen and oxygen atoms in total. The van der Waals surface area contributed by atoms with E-state index in [1.165, 1.54) is 10.9 Å². The summed E-state index contributed by atoms with van der Waals surface area (Å²) in [6.07, 6.45) is -3.75. The first kappa shape index (κ1) is 14.9. The second-order valence-corrected chi connectivity index (χ2v) is 4.93. The van der Waals surface area contributed by atoms with Crippen molar-refractivity contribution in [1.82, 2.24) is 19.5 Å². The molecule has 22 heavy (non-hydrogen) atoms. The number of aliphatic hydroxyl groups excluding tert-OH is 1. The zero-order valence-electron chi connectivity index (χ0n) is 11.8. The number of alkyl halides is 1. The number of aromatic amines is 1. The maximum absolute atomic E-state index is 14.1. The van der Waals surface area contributed by atoms with Crippen LogP contribution in [0.25, 0.3) is 11.2 Å². The summed E-state index contributed by atoms with van der Waals surface area (Å²) in [5, 5.41) is 10.0. The molecule has 4 N–H and O–H groups in total. The molecule has 120 valence electrons. The van der Waals surface area contributed by atoms with Crippen LogP contribution < -0.4 is 11.3 Å². The van der Waals surface area contributed by atoms with Crippen LogP contribution in [0.1, 0.15) is 13.2 Å². The third kappa shape index (κ3) is 2.34. The first-order chi connectivity index (χ1) is 10.5. The minimum atomic E-state index is -1.62. The van der Waals surface area contributed by atoms with E-state index in [1.54, 1.807) is 6.92 Å². The van der Waals surface area contributed by atoms with Crippen LogP contribution in [0.2, 0.25) is 0 Å². The summed E-state index contributed by atoms with van der Waals surface area (Å²) in [7, 11) is 0. The van der Waals surface area contributed by atoms with Gasteiger partial charge in [-0.3, -0.25) is 14.3 Å². The average Bonchev–Trinajstić information content (AvgIpc) is 3.00. The molecule has 0 bridgehead atoms. The fraction of sp³-hybridized carbons (Fsp3) is 0.583. The lowest BCUT2D eigenvalue weighted by Crippen LogP contribution is -2.30.